The minimum absolute atomic E-state index is 0.00862. The number of carbonyl (C=O) groups is 1. The van der Waals surface area contributed by atoms with Crippen LogP contribution in [0.2, 0.25) is 0 Å². The normalized spacial score (nSPS) is 19.7. The van der Waals surface area contributed by atoms with E-state index in [9.17, 15) is 4.79 Å². The van der Waals surface area contributed by atoms with E-state index >= 15 is 0 Å². The molecule has 2 amide bonds. The maximum atomic E-state index is 12.4. The molecule has 4 rings (SSSR count). The quantitative estimate of drug-likeness (QED) is 0.922. The number of benzene rings is 1. The maximum Gasteiger partial charge on any atom is 0.317 e. The van der Waals surface area contributed by atoms with Crippen LogP contribution in [0.5, 0.6) is 0 Å². The Bertz CT molecular complexity index is 731. The molecule has 0 saturated carbocycles. The van der Waals surface area contributed by atoms with Crippen LogP contribution in [-0.4, -0.2) is 45.6 Å². The Morgan fingerprint density at radius 1 is 1.32 bits per heavy atom. The fraction of sp³-hybridized carbons (Fsp3) is 0.500. The smallest absolute Gasteiger partial charge is 0.317 e. The van der Waals surface area contributed by atoms with Gasteiger partial charge in [0.15, 0.2) is 0 Å². The van der Waals surface area contributed by atoms with Gasteiger partial charge in [0.2, 0.25) is 0 Å². The van der Waals surface area contributed by atoms with Gasteiger partial charge in [-0.25, -0.2) is 9.48 Å². The molecule has 1 saturated heterocycles. The molecule has 0 radical (unpaired) electrons. The summed E-state index contributed by atoms with van der Waals surface area (Å²) in [6.45, 7) is 3.54. The van der Waals surface area contributed by atoms with Crippen LogP contribution in [-0.2, 0) is 24.4 Å². The molecule has 1 aromatic carbocycles. The molecule has 2 aliphatic heterocycles. The summed E-state index contributed by atoms with van der Waals surface area (Å²) in [5.41, 5.74) is 3.79. The van der Waals surface area contributed by atoms with Gasteiger partial charge in [0, 0.05) is 25.8 Å². The average Bonchev–Trinajstić information content (AvgIpc) is 3.33. The molecule has 7 heteroatoms. The average molecular weight is 341 g/mol. The van der Waals surface area contributed by atoms with Crippen LogP contribution in [0.15, 0.2) is 30.6 Å². The molecule has 7 nitrogen and oxygen atoms in total. The molecular formula is C18H23N5O2. The zero-order valence-corrected chi connectivity index (χ0v) is 14.2. The van der Waals surface area contributed by atoms with Gasteiger partial charge in [-0.3, -0.25) is 0 Å². The van der Waals surface area contributed by atoms with Crippen molar-refractivity contribution in [2.75, 3.05) is 19.6 Å². The number of nitrogens with one attached hydrogen (secondary N) is 1. The van der Waals surface area contributed by atoms with Gasteiger partial charge in [0.25, 0.3) is 0 Å². The third kappa shape index (κ3) is 3.66. The van der Waals surface area contributed by atoms with E-state index < -0.39 is 0 Å². The molecule has 1 N–H and O–H groups in total. The fourth-order valence-electron chi connectivity index (χ4n) is 3.57. The summed E-state index contributed by atoms with van der Waals surface area (Å²) < 4.78 is 7.30. The Morgan fingerprint density at radius 3 is 3.12 bits per heavy atom. The van der Waals surface area contributed by atoms with Crippen molar-refractivity contribution in [3.8, 4) is 0 Å². The number of urea groups is 1. The van der Waals surface area contributed by atoms with Gasteiger partial charge in [0.1, 0.15) is 0 Å². The number of hydrogen-bond acceptors (Lipinski definition) is 4. The van der Waals surface area contributed by atoms with Crippen LogP contribution in [0.1, 0.15) is 35.6 Å². The van der Waals surface area contributed by atoms with E-state index in [4.69, 9.17) is 4.74 Å². The lowest BCUT2D eigenvalue weighted by molar-refractivity contribution is 0.134. The van der Waals surface area contributed by atoms with E-state index in [-0.39, 0.29) is 12.1 Å². The van der Waals surface area contributed by atoms with Crippen molar-refractivity contribution in [2.24, 2.45) is 0 Å². The Labute approximate surface area is 147 Å². The molecule has 0 spiro atoms. The zero-order chi connectivity index (χ0) is 17.1. The number of carbonyl (C=O) groups excluding carboxylic acids is 1. The molecule has 1 atom stereocenters. The predicted octanol–water partition coefficient (Wildman–Crippen LogP) is 1.90. The number of rotatable bonds is 4. The molecule has 0 aliphatic carbocycles. The first-order valence-electron chi connectivity index (χ1n) is 8.86. The van der Waals surface area contributed by atoms with Crippen LogP contribution < -0.4 is 5.32 Å². The summed E-state index contributed by atoms with van der Waals surface area (Å²) in [5.74, 6) is 0. The number of piperidine rings is 1. The highest BCUT2D eigenvalue weighted by Gasteiger charge is 2.25. The van der Waals surface area contributed by atoms with Crippen LogP contribution in [0.25, 0.3) is 0 Å². The topological polar surface area (TPSA) is 72.3 Å². The second kappa shape index (κ2) is 7.23. The second-order valence-corrected chi connectivity index (χ2v) is 6.70. The fourth-order valence-corrected chi connectivity index (χ4v) is 3.57. The first-order chi connectivity index (χ1) is 12.3. The Hall–Kier alpha value is -2.41. The summed E-state index contributed by atoms with van der Waals surface area (Å²) in [6.07, 6.45) is 6.40. The number of fused-ring (bicyclic) bond motifs is 1. The molecule has 1 fully saturated rings. The van der Waals surface area contributed by atoms with Crippen LogP contribution in [0, 0.1) is 0 Å². The molecule has 132 valence electrons. The zero-order valence-electron chi connectivity index (χ0n) is 14.2. The van der Waals surface area contributed by atoms with Crippen LogP contribution in [0.4, 0.5) is 4.79 Å². The summed E-state index contributed by atoms with van der Waals surface area (Å²) in [5, 5.41) is 11.0. The van der Waals surface area contributed by atoms with Gasteiger partial charge in [-0.1, -0.05) is 23.4 Å². The Kier molecular flexibility index (Phi) is 4.65. The lowest BCUT2D eigenvalue weighted by Crippen LogP contribution is -2.46. The Morgan fingerprint density at radius 2 is 2.24 bits per heavy atom. The lowest BCUT2D eigenvalue weighted by atomic mass is 10.0. The maximum absolute atomic E-state index is 12.4. The van der Waals surface area contributed by atoms with Crippen LogP contribution >= 0.6 is 0 Å². The molecule has 1 aromatic heterocycles. The minimum Gasteiger partial charge on any atom is -0.372 e. The standard InChI is InChI=1S/C18H23N5O2/c24-18(22-8-1-2-17(11-22)23-9-7-20-21-23)19-6-5-14-3-4-15-12-25-13-16(15)10-14/h3-4,7,9-10,17H,1-2,5-6,8,11-13H2,(H,19,24). The van der Waals surface area contributed by atoms with E-state index in [1.54, 1.807) is 6.20 Å². The van der Waals surface area contributed by atoms with Gasteiger partial charge in [-0.15, -0.1) is 5.10 Å². The van der Waals surface area contributed by atoms with E-state index in [2.05, 4.69) is 33.8 Å². The summed E-state index contributed by atoms with van der Waals surface area (Å²) in [6, 6.07) is 6.68. The molecular weight excluding hydrogens is 318 g/mol. The van der Waals surface area contributed by atoms with E-state index in [1.807, 2.05) is 15.8 Å². The van der Waals surface area contributed by atoms with Crippen LogP contribution in [0.3, 0.4) is 0 Å². The molecule has 0 bridgehead atoms. The van der Waals surface area contributed by atoms with Gasteiger partial charge < -0.3 is 15.0 Å². The van der Waals surface area contributed by atoms with Gasteiger partial charge >= 0.3 is 6.03 Å². The number of amides is 2. The number of ether oxygens (including phenoxy) is 1. The highest BCUT2D eigenvalue weighted by molar-refractivity contribution is 5.74. The molecule has 1 unspecified atom stereocenters. The van der Waals surface area contributed by atoms with E-state index in [1.165, 1.54) is 16.7 Å². The van der Waals surface area contributed by atoms with Crippen molar-refractivity contribution < 1.29 is 9.53 Å². The number of nitrogens with zero attached hydrogens (tertiary/aromatic N) is 4. The highest BCUT2D eigenvalue weighted by atomic mass is 16.5. The van der Waals surface area contributed by atoms with Crippen molar-refractivity contribution in [3.63, 3.8) is 0 Å². The van der Waals surface area contributed by atoms with E-state index in [0.717, 1.165) is 25.8 Å². The van der Waals surface area contributed by atoms with Gasteiger partial charge in [-0.2, -0.15) is 0 Å². The summed E-state index contributed by atoms with van der Waals surface area (Å²) in [7, 11) is 0. The summed E-state index contributed by atoms with van der Waals surface area (Å²) in [4.78, 5) is 14.3. The van der Waals surface area contributed by atoms with Crippen molar-refractivity contribution in [1.29, 1.82) is 0 Å². The third-order valence-electron chi connectivity index (χ3n) is 4.97. The molecule has 25 heavy (non-hydrogen) atoms. The lowest BCUT2D eigenvalue weighted by Gasteiger charge is -2.32. The first-order valence-corrected chi connectivity index (χ1v) is 8.86. The number of aromatic nitrogens is 3. The molecule has 3 heterocycles. The SMILES string of the molecule is O=C(NCCc1ccc2c(c1)COC2)N1CCCC(n2ccnn2)C1. The third-order valence-corrected chi connectivity index (χ3v) is 4.97. The van der Waals surface area contributed by atoms with Gasteiger partial charge in [-0.05, 0) is 36.0 Å². The predicted molar refractivity (Wildman–Crippen MR) is 91.9 cm³/mol. The van der Waals surface area contributed by atoms with Gasteiger partial charge in [0.05, 0.1) is 25.5 Å². The number of hydrogen-bond donors (Lipinski definition) is 1. The minimum atomic E-state index is 0.00862. The number of likely N-dealkylation sites (tertiary alicyclic amines) is 1. The molecule has 2 aliphatic rings. The summed E-state index contributed by atoms with van der Waals surface area (Å²) >= 11 is 0. The van der Waals surface area contributed by atoms with E-state index in [0.29, 0.717) is 26.3 Å². The Balaban J connectivity index is 1.27. The monoisotopic (exact) mass is 341 g/mol. The molecule has 2 aromatic rings. The highest BCUT2D eigenvalue weighted by Crippen LogP contribution is 2.21. The first kappa shape index (κ1) is 16.1. The largest absolute Gasteiger partial charge is 0.372 e. The second-order valence-electron chi connectivity index (χ2n) is 6.70. The van der Waals surface area contributed by atoms with Crippen molar-refractivity contribution >= 4 is 6.03 Å². The van der Waals surface area contributed by atoms with Crippen molar-refractivity contribution in [1.82, 2.24) is 25.2 Å². The van der Waals surface area contributed by atoms with Crippen molar-refractivity contribution in [2.45, 2.75) is 38.5 Å². The van der Waals surface area contributed by atoms with Crippen molar-refractivity contribution in [3.05, 3.63) is 47.3 Å².